The highest BCUT2D eigenvalue weighted by Crippen LogP contribution is 2.26. The fourth-order valence-corrected chi connectivity index (χ4v) is 3.29. The van der Waals surface area contributed by atoms with E-state index in [1.807, 2.05) is 0 Å². The summed E-state index contributed by atoms with van der Waals surface area (Å²) in [6.07, 6.45) is 6.14. The molecule has 3 rings (SSSR count). The van der Waals surface area contributed by atoms with E-state index in [1.165, 1.54) is 12.1 Å². The molecule has 0 bridgehead atoms. The van der Waals surface area contributed by atoms with E-state index in [0.29, 0.717) is 24.3 Å². The molecule has 1 aliphatic heterocycles. The zero-order valence-electron chi connectivity index (χ0n) is 15.4. The molecule has 144 valence electrons. The van der Waals surface area contributed by atoms with Gasteiger partial charge in [0.1, 0.15) is 11.6 Å². The van der Waals surface area contributed by atoms with Crippen LogP contribution in [0.2, 0.25) is 0 Å². The van der Waals surface area contributed by atoms with E-state index in [0.717, 1.165) is 18.9 Å². The number of hydrogen-bond acceptors (Lipinski definition) is 4. The van der Waals surface area contributed by atoms with Gasteiger partial charge in [0.15, 0.2) is 0 Å². The van der Waals surface area contributed by atoms with Crippen LogP contribution in [-0.4, -0.2) is 59.0 Å². The van der Waals surface area contributed by atoms with E-state index in [4.69, 9.17) is 0 Å². The number of halogens is 2. The minimum Gasteiger partial charge on any atom is -0.331 e. The Morgan fingerprint density at radius 2 is 2.00 bits per heavy atom. The number of hydrogen-bond donors (Lipinski definition) is 1. The minimum absolute atomic E-state index is 0.0106. The molecule has 6 nitrogen and oxygen atoms in total. The second-order valence-electron chi connectivity index (χ2n) is 6.83. The summed E-state index contributed by atoms with van der Waals surface area (Å²) in [5.41, 5.74) is 0.888. The van der Waals surface area contributed by atoms with Gasteiger partial charge >= 0.3 is 6.03 Å². The largest absolute Gasteiger partial charge is 0.331 e. The smallest absolute Gasteiger partial charge is 0.319 e. The zero-order valence-corrected chi connectivity index (χ0v) is 15.4. The maximum absolute atomic E-state index is 14.4. The van der Waals surface area contributed by atoms with Crippen molar-refractivity contribution < 1.29 is 13.6 Å². The number of amides is 2. The summed E-state index contributed by atoms with van der Waals surface area (Å²) in [6, 6.07) is 3.07. The first-order valence-electron chi connectivity index (χ1n) is 8.89. The van der Waals surface area contributed by atoms with Gasteiger partial charge in [-0.3, -0.25) is 9.97 Å². The number of carbonyl (C=O) groups excluding carboxylic acids is 1. The lowest BCUT2D eigenvalue weighted by atomic mass is 9.98. The molecule has 1 N–H and O–H groups in total. The van der Waals surface area contributed by atoms with Gasteiger partial charge in [-0.2, -0.15) is 0 Å². The van der Waals surface area contributed by atoms with Crippen LogP contribution in [0.3, 0.4) is 0 Å². The Morgan fingerprint density at radius 1 is 1.26 bits per heavy atom. The lowest BCUT2D eigenvalue weighted by Crippen LogP contribution is -2.48. The summed E-state index contributed by atoms with van der Waals surface area (Å²) in [6.45, 7) is 1.24. The lowest BCUT2D eigenvalue weighted by molar-refractivity contribution is 0.151. The van der Waals surface area contributed by atoms with E-state index < -0.39 is 17.7 Å². The Labute approximate surface area is 157 Å². The first-order chi connectivity index (χ1) is 13.0. The molecule has 1 fully saturated rings. The number of carbonyl (C=O) groups is 1. The van der Waals surface area contributed by atoms with Crippen LogP contribution in [0.15, 0.2) is 36.8 Å². The Balaban J connectivity index is 1.76. The van der Waals surface area contributed by atoms with Crippen molar-refractivity contribution in [2.45, 2.75) is 24.9 Å². The number of piperidine rings is 1. The molecule has 0 saturated carbocycles. The van der Waals surface area contributed by atoms with Crippen molar-refractivity contribution in [3.05, 3.63) is 59.7 Å². The monoisotopic (exact) mass is 375 g/mol. The van der Waals surface area contributed by atoms with Gasteiger partial charge in [-0.05, 0) is 18.9 Å². The average Bonchev–Trinajstić information content (AvgIpc) is 2.67. The fraction of sp³-hybridized carbons (Fsp3) is 0.421. The SMILES string of the molecule is CN(C)C(=O)N1CCC(NC(c2cnccn2)c2ccc(F)cc2F)CC1. The standard InChI is InChI=1S/C19H23F2N5O/c1-25(2)19(27)26-9-5-14(6-10-26)24-18(17-12-22-7-8-23-17)15-4-3-13(20)11-16(15)21/h3-4,7-8,11-12,14,18,24H,5-6,9-10H2,1-2H3. The molecule has 1 unspecified atom stereocenters. The Kier molecular flexibility index (Phi) is 5.95. The van der Waals surface area contributed by atoms with E-state index in [1.54, 1.807) is 42.5 Å². The molecule has 0 radical (unpaired) electrons. The van der Waals surface area contributed by atoms with Crippen LogP contribution in [0.25, 0.3) is 0 Å². The molecule has 1 aromatic carbocycles. The molecule has 0 spiro atoms. The van der Waals surface area contributed by atoms with Gasteiger partial charge in [0.05, 0.1) is 17.9 Å². The van der Waals surface area contributed by atoms with E-state index in [-0.39, 0.29) is 12.1 Å². The molecule has 27 heavy (non-hydrogen) atoms. The van der Waals surface area contributed by atoms with Gasteiger partial charge in [-0.1, -0.05) is 6.07 Å². The first-order valence-corrected chi connectivity index (χ1v) is 8.89. The maximum Gasteiger partial charge on any atom is 0.319 e. The van der Waals surface area contributed by atoms with Crippen molar-refractivity contribution in [2.75, 3.05) is 27.2 Å². The van der Waals surface area contributed by atoms with Gasteiger partial charge in [-0.25, -0.2) is 13.6 Å². The molecule has 0 aliphatic carbocycles. The topological polar surface area (TPSA) is 61.4 Å². The van der Waals surface area contributed by atoms with Crippen molar-refractivity contribution in [3.63, 3.8) is 0 Å². The average molecular weight is 375 g/mol. The van der Waals surface area contributed by atoms with Gasteiger partial charge in [0, 0.05) is 57.3 Å². The Hall–Kier alpha value is -2.61. The molecule has 1 aliphatic rings. The Morgan fingerprint density at radius 3 is 2.59 bits per heavy atom. The molecular weight excluding hydrogens is 352 g/mol. The van der Waals surface area contributed by atoms with Crippen molar-refractivity contribution in [1.29, 1.82) is 0 Å². The lowest BCUT2D eigenvalue weighted by Gasteiger charge is -2.35. The van der Waals surface area contributed by atoms with Crippen LogP contribution in [0, 0.1) is 11.6 Å². The van der Waals surface area contributed by atoms with Crippen LogP contribution in [0.1, 0.15) is 30.1 Å². The highest BCUT2D eigenvalue weighted by Gasteiger charge is 2.28. The summed E-state index contributed by atoms with van der Waals surface area (Å²) < 4.78 is 27.7. The normalized spacial score (nSPS) is 16.2. The quantitative estimate of drug-likeness (QED) is 0.892. The fourth-order valence-electron chi connectivity index (χ4n) is 3.29. The van der Waals surface area contributed by atoms with E-state index >= 15 is 0 Å². The summed E-state index contributed by atoms with van der Waals surface area (Å²) >= 11 is 0. The number of likely N-dealkylation sites (tertiary alicyclic amines) is 1. The van der Waals surface area contributed by atoms with Crippen molar-refractivity contribution in [3.8, 4) is 0 Å². The third kappa shape index (κ3) is 4.57. The highest BCUT2D eigenvalue weighted by molar-refractivity contribution is 5.73. The second kappa shape index (κ2) is 8.39. The predicted molar refractivity (Wildman–Crippen MR) is 97.0 cm³/mol. The van der Waals surface area contributed by atoms with Gasteiger partial charge < -0.3 is 15.1 Å². The molecule has 1 atom stereocenters. The summed E-state index contributed by atoms with van der Waals surface area (Å²) in [5.74, 6) is -1.25. The third-order valence-electron chi connectivity index (χ3n) is 4.70. The van der Waals surface area contributed by atoms with E-state index in [2.05, 4.69) is 15.3 Å². The third-order valence-corrected chi connectivity index (χ3v) is 4.70. The number of benzene rings is 1. The van der Waals surface area contributed by atoms with Gasteiger partial charge in [0.25, 0.3) is 0 Å². The van der Waals surface area contributed by atoms with Crippen LogP contribution in [0.4, 0.5) is 13.6 Å². The van der Waals surface area contributed by atoms with Crippen LogP contribution >= 0.6 is 0 Å². The molecule has 1 aromatic heterocycles. The number of aromatic nitrogens is 2. The van der Waals surface area contributed by atoms with Gasteiger partial charge in [0.2, 0.25) is 0 Å². The van der Waals surface area contributed by atoms with Crippen LogP contribution < -0.4 is 5.32 Å². The van der Waals surface area contributed by atoms with Crippen molar-refractivity contribution in [2.24, 2.45) is 0 Å². The van der Waals surface area contributed by atoms with Crippen molar-refractivity contribution >= 4 is 6.03 Å². The minimum atomic E-state index is -0.627. The highest BCUT2D eigenvalue weighted by atomic mass is 19.1. The van der Waals surface area contributed by atoms with Crippen molar-refractivity contribution in [1.82, 2.24) is 25.1 Å². The number of nitrogens with one attached hydrogen (secondary N) is 1. The molecular formula is C19H23F2N5O. The summed E-state index contributed by atoms with van der Waals surface area (Å²) in [7, 11) is 3.46. The number of urea groups is 1. The molecule has 2 aromatic rings. The predicted octanol–water partition coefficient (Wildman–Crippen LogP) is 2.58. The van der Waals surface area contributed by atoms with Crippen LogP contribution in [0.5, 0.6) is 0 Å². The summed E-state index contributed by atoms with van der Waals surface area (Å²) in [5, 5.41) is 3.42. The van der Waals surface area contributed by atoms with Gasteiger partial charge in [-0.15, -0.1) is 0 Å². The molecule has 2 amide bonds. The molecule has 1 saturated heterocycles. The second-order valence-corrected chi connectivity index (χ2v) is 6.83. The first kappa shape index (κ1) is 19.2. The maximum atomic E-state index is 14.4. The van der Waals surface area contributed by atoms with Crippen LogP contribution in [-0.2, 0) is 0 Å². The number of nitrogens with zero attached hydrogens (tertiary/aromatic N) is 4. The number of rotatable bonds is 4. The van der Waals surface area contributed by atoms with E-state index in [9.17, 15) is 13.6 Å². The summed E-state index contributed by atoms with van der Waals surface area (Å²) in [4.78, 5) is 23.8. The molecule has 8 heteroatoms. The Bertz CT molecular complexity index is 779. The zero-order chi connectivity index (χ0) is 19.4. The molecule has 2 heterocycles.